The molecule has 0 N–H and O–H groups in total. The molecular weight excluding hydrogens is 494 g/mol. The predicted molar refractivity (Wildman–Crippen MR) is 141 cm³/mol. The molecule has 1 spiro atoms. The largest absolute Gasteiger partial charge is 0.468 e. The van der Waals surface area contributed by atoms with Crippen LogP contribution in [-0.2, 0) is 28.7 Å². The highest BCUT2D eigenvalue weighted by Crippen LogP contribution is 2.78. The number of nitriles is 1. The lowest BCUT2D eigenvalue weighted by atomic mass is 9.33. The van der Waals surface area contributed by atoms with Crippen LogP contribution in [0.25, 0.3) is 0 Å². The summed E-state index contributed by atoms with van der Waals surface area (Å²) in [7, 11) is 1.26. The van der Waals surface area contributed by atoms with E-state index >= 15 is 0 Å². The van der Waals surface area contributed by atoms with Crippen LogP contribution in [0, 0.1) is 55.7 Å². The van der Waals surface area contributed by atoms with Crippen molar-refractivity contribution in [1.29, 1.82) is 5.26 Å². The molecule has 39 heavy (non-hydrogen) atoms. The molecule has 7 heteroatoms. The van der Waals surface area contributed by atoms with Crippen LogP contribution < -0.4 is 0 Å². The third-order valence-electron chi connectivity index (χ3n) is 13.0. The second kappa shape index (κ2) is 7.30. The van der Waals surface area contributed by atoms with Crippen molar-refractivity contribution in [1.82, 2.24) is 0 Å². The monoisotopic (exact) mass is 533 g/mol. The van der Waals surface area contributed by atoms with E-state index in [9.17, 15) is 24.4 Å². The molecule has 208 valence electrons. The molecule has 7 nitrogen and oxygen atoms in total. The first-order chi connectivity index (χ1) is 18.0. The summed E-state index contributed by atoms with van der Waals surface area (Å²) in [5.41, 5.74) is -4.76. The molecule has 5 aliphatic carbocycles. The lowest BCUT2D eigenvalue weighted by molar-refractivity contribution is -0.207. The number of rotatable bonds is 1. The minimum atomic E-state index is -1.54. The van der Waals surface area contributed by atoms with Gasteiger partial charge in [0.15, 0.2) is 17.2 Å². The normalized spacial score (nSPS) is 49.2. The van der Waals surface area contributed by atoms with Gasteiger partial charge in [0, 0.05) is 16.7 Å². The Morgan fingerprint density at radius 3 is 2.31 bits per heavy atom. The maximum Gasteiger partial charge on any atom is 0.319 e. The molecule has 6 rings (SSSR count). The zero-order chi connectivity index (χ0) is 28.6. The number of hydrogen-bond acceptors (Lipinski definition) is 7. The molecule has 3 saturated carbocycles. The van der Waals surface area contributed by atoms with Crippen LogP contribution in [0.1, 0.15) is 86.5 Å². The number of allylic oxidation sites excluding steroid dienone is 3. The molecule has 1 aliphatic heterocycles. The summed E-state index contributed by atoms with van der Waals surface area (Å²) in [4.78, 5) is 55.0. The van der Waals surface area contributed by atoms with Crippen LogP contribution in [0.2, 0.25) is 0 Å². The molecule has 4 fully saturated rings. The van der Waals surface area contributed by atoms with Gasteiger partial charge in [-0.3, -0.25) is 19.2 Å². The van der Waals surface area contributed by atoms with Crippen LogP contribution in [0.3, 0.4) is 0 Å². The Labute approximate surface area is 230 Å². The Morgan fingerprint density at radius 2 is 1.67 bits per heavy atom. The standard InChI is InChI=1S/C32H39NO6/c1-26(2)10-12-31-13-11-29(5)28(4)9-8-19-27(3,15-18(17-33)23(35)30(19,6)24(36)38-7)20(28)14-22(34)32(29,21(31)16-26)39-25(31)37/h14-15,19,21H,8-13,16H2,1-7H3/t19-,21-,27+,28-,29+,30+,31+,32-/m1/s1. The Kier molecular flexibility index (Phi) is 4.96. The first-order valence-corrected chi connectivity index (χ1v) is 14.3. The molecule has 2 bridgehead atoms. The number of Topliss-reactive ketones (excluding diaryl/α,β-unsaturated/α-hetero) is 1. The lowest BCUT2D eigenvalue weighted by Gasteiger charge is -2.68. The maximum atomic E-state index is 14.6. The zero-order valence-corrected chi connectivity index (χ0v) is 24.2. The number of carbonyl (C=O) groups is 4. The van der Waals surface area contributed by atoms with Crippen LogP contribution in [-0.4, -0.2) is 36.2 Å². The Morgan fingerprint density at radius 1 is 1.00 bits per heavy atom. The molecule has 0 aromatic rings. The molecule has 0 unspecified atom stereocenters. The predicted octanol–water partition coefficient (Wildman–Crippen LogP) is 5.04. The highest BCUT2D eigenvalue weighted by molar-refractivity contribution is 6.15. The summed E-state index contributed by atoms with van der Waals surface area (Å²) in [5, 5.41) is 9.96. The average Bonchev–Trinajstić information content (AvgIpc) is 3.07. The number of methoxy groups -OCH3 is 1. The summed E-state index contributed by atoms with van der Waals surface area (Å²) in [5.74, 6) is -2.24. The summed E-state index contributed by atoms with van der Waals surface area (Å²) in [6.07, 6.45) is 8.34. The second-order valence-corrected chi connectivity index (χ2v) is 14.9. The minimum absolute atomic E-state index is 0.00128. The van der Waals surface area contributed by atoms with Crippen LogP contribution in [0.5, 0.6) is 0 Å². The molecule has 1 saturated heterocycles. The Hall–Kier alpha value is -2.75. The van der Waals surface area contributed by atoms with Gasteiger partial charge in [0.1, 0.15) is 11.5 Å². The first kappa shape index (κ1) is 26.5. The van der Waals surface area contributed by atoms with E-state index in [4.69, 9.17) is 9.47 Å². The van der Waals surface area contributed by atoms with Gasteiger partial charge in [0.25, 0.3) is 0 Å². The van der Waals surface area contributed by atoms with Crippen molar-refractivity contribution in [2.75, 3.05) is 7.11 Å². The van der Waals surface area contributed by atoms with Crippen molar-refractivity contribution < 1.29 is 28.7 Å². The van der Waals surface area contributed by atoms with E-state index in [0.29, 0.717) is 25.7 Å². The molecule has 0 amide bonds. The molecule has 0 aromatic carbocycles. The minimum Gasteiger partial charge on any atom is -0.468 e. The van der Waals surface area contributed by atoms with E-state index < -0.39 is 50.3 Å². The fourth-order valence-electron chi connectivity index (χ4n) is 10.6. The fourth-order valence-corrected chi connectivity index (χ4v) is 10.6. The number of carbonyl (C=O) groups excluding carboxylic acids is 4. The van der Waals surface area contributed by atoms with Crippen LogP contribution in [0.4, 0.5) is 0 Å². The zero-order valence-electron chi connectivity index (χ0n) is 24.2. The van der Waals surface area contributed by atoms with Crippen molar-refractivity contribution in [3.8, 4) is 6.07 Å². The number of fused-ring (bicyclic) bond motifs is 4. The molecule has 8 atom stereocenters. The molecule has 0 radical (unpaired) electrons. The number of ether oxygens (including phenoxy) is 2. The van der Waals surface area contributed by atoms with E-state index in [1.165, 1.54) is 7.11 Å². The van der Waals surface area contributed by atoms with Gasteiger partial charge in [-0.1, -0.05) is 40.7 Å². The van der Waals surface area contributed by atoms with Crippen molar-refractivity contribution >= 4 is 23.5 Å². The van der Waals surface area contributed by atoms with Gasteiger partial charge in [-0.05, 0) is 80.3 Å². The molecule has 1 heterocycles. The van der Waals surface area contributed by atoms with Gasteiger partial charge in [-0.2, -0.15) is 5.26 Å². The van der Waals surface area contributed by atoms with E-state index in [-0.39, 0.29) is 28.7 Å². The Bertz CT molecular complexity index is 1370. The van der Waals surface area contributed by atoms with Crippen LogP contribution >= 0.6 is 0 Å². The summed E-state index contributed by atoms with van der Waals surface area (Å²) in [6.45, 7) is 12.3. The van der Waals surface area contributed by atoms with Gasteiger partial charge in [0.2, 0.25) is 0 Å². The molecular formula is C32H39NO6. The quantitative estimate of drug-likeness (QED) is 0.343. The Balaban J connectivity index is 1.60. The van der Waals surface area contributed by atoms with Crippen molar-refractivity contribution in [3.05, 3.63) is 23.3 Å². The number of nitrogens with zero attached hydrogens (tertiary/aromatic N) is 1. The highest BCUT2D eigenvalue weighted by atomic mass is 16.6. The van der Waals surface area contributed by atoms with Gasteiger partial charge in [-0.25, -0.2) is 0 Å². The van der Waals surface area contributed by atoms with Crippen molar-refractivity contribution in [2.45, 2.75) is 92.1 Å². The fraction of sp³-hybridized carbons (Fsp3) is 0.719. The summed E-state index contributed by atoms with van der Waals surface area (Å²) in [6, 6.07) is 2.03. The first-order valence-electron chi connectivity index (χ1n) is 14.3. The number of esters is 2. The second-order valence-electron chi connectivity index (χ2n) is 14.9. The third-order valence-corrected chi connectivity index (χ3v) is 13.0. The average molecular weight is 534 g/mol. The van der Waals surface area contributed by atoms with Gasteiger partial charge < -0.3 is 9.47 Å². The van der Waals surface area contributed by atoms with E-state index in [1.807, 2.05) is 13.0 Å². The van der Waals surface area contributed by atoms with Gasteiger partial charge in [0.05, 0.1) is 18.1 Å². The SMILES string of the molecule is COC(=O)[C@]1(C)C(=O)C(C#N)=C[C@]2(C)C3=CC(=O)[C@]45OC(=O)[C@@]6(CCC(C)(C)C[C@H]64)CC[C@@]5(C)[C@]3(C)CC[C@@H]12. The summed E-state index contributed by atoms with van der Waals surface area (Å²) < 4.78 is 11.6. The van der Waals surface area contributed by atoms with Crippen LogP contribution in [0.15, 0.2) is 23.3 Å². The molecule has 6 aliphatic rings. The van der Waals surface area contributed by atoms with Gasteiger partial charge in [-0.15, -0.1) is 0 Å². The van der Waals surface area contributed by atoms with E-state index in [0.717, 1.165) is 24.8 Å². The topological polar surface area (TPSA) is 111 Å². The maximum absolute atomic E-state index is 14.6. The highest BCUT2D eigenvalue weighted by Gasteiger charge is 2.82. The number of hydrogen-bond donors (Lipinski definition) is 0. The van der Waals surface area contributed by atoms with E-state index in [1.54, 1.807) is 19.1 Å². The van der Waals surface area contributed by atoms with Crippen molar-refractivity contribution in [2.24, 2.45) is 44.3 Å². The lowest BCUT2D eigenvalue weighted by Crippen LogP contribution is -2.71. The van der Waals surface area contributed by atoms with Gasteiger partial charge >= 0.3 is 11.9 Å². The van der Waals surface area contributed by atoms with Crippen molar-refractivity contribution in [3.63, 3.8) is 0 Å². The molecule has 0 aromatic heterocycles. The third kappa shape index (κ3) is 2.61. The smallest absolute Gasteiger partial charge is 0.319 e. The number of ketones is 2. The summed E-state index contributed by atoms with van der Waals surface area (Å²) >= 11 is 0. The van der Waals surface area contributed by atoms with E-state index in [2.05, 4.69) is 27.7 Å².